The summed E-state index contributed by atoms with van der Waals surface area (Å²) in [6.07, 6.45) is 2.52. The van der Waals surface area contributed by atoms with E-state index in [1.807, 2.05) is 31.2 Å². The topological polar surface area (TPSA) is 58.6 Å². The van der Waals surface area contributed by atoms with E-state index in [0.29, 0.717) is 12.4 Å². The molecule has 0 aromatic heterocycles. The van der Waals surface area contributed by atoms with Crippen molar-refractivity contribution in [3.63, 3.8) is 0 Å². The number of amides is 2. The molecule has 0 saturated carbocycles. The van der Waals surface area contributed by atoms with E-state index in [0.717, 1.165) is 10.6 Å². The Hall–Kier alpha value is -2.30. The first-order valence-electron chi connectivity index (χ1n) is 5.71. The first-order chi connectivity index (χ1) is 8.72. The Morgan fingerprint density at radius 1 is 1.17 bits per heavy atom. The van der Waals surface area contributed by atoms with Crippen molar-refractivity contribution in [2.75, 3.05) is 18.6 Å². The summed E-state index contributed by atoms with van der Waals surface area (Å²) in [7, 11) is 0. The maximum atomic E-state index is 11.4. The fourth-order valence-corrected chi connectivity index (χ4v) is 1.65. The Balaban J connectivity index is 2.02. The van der Waals surface area contributed by atoms with Crippen LogP contribution in [0.5, 0.6) is 5.75 Å². The van der Waals surface area contributed by atoms with Crippen molar-refractivity contribution in [1.82, 2.24) is 4.90 Å². The molecule has 1 heterocycles. The number of anilines is 1. The second-order valence-electron chi connectivity index (χ2n) is 3.70. The average Bonchev–Trinajstić information content (AvgIpc) is 2.69. The van der Waals surface area contributed by atoms with E-state index in [-0.39, 0.29) is 18.5 Å². The highest BCUT2D eigenvalue weighted by atomic mass is 16.5. The lowest BCUT2D eigenvalue weighted by Gasteiger charge is -2.17. The molecule has 18 heavy (non-hydrogen) atoms. The van der Waals surface area contributed by atoms with Gasteiger partial charge < -0.3 is 10.1 Å². The molecule has 0 unspecified atom stereocenters. The van der Waals surface area contributed by atoms with Gasteiger partial charge in [0, 0.05) is 12.2 Å². The van der Waals surface area contributed by atoms with Crippen molar-refractivity contribution in [2.24, 2.45) is 0 Å². The first-order valence-corrected chi connectivity index (χ1v) is 5.71. The third-order valence-electron chi connectivity index (χ3n) is 2.52. The molecule has 0 spiro atoms. The number of benzene rings is 1. The Morgan fingerprint density at radius 3 is 2.50 bits per heavy atom. The molecule has 0 bridgehead atoms. The number of imide groups is 1. The van der Waals surface area contributed by atoms with Gasteiger partial charge in [0.15, 0.2) is 0 Å². The summed E-state index contributed by atoms with van der Waals surface area (Å²) in [4.78, 5) is 23.9. The molecular weight excluding hydrogens is 232 g/mol. The molecule has 2 amide bonds. The minimum Gasteiger partial charge on any atom is -0.492 e. The van der Waals surface area contributed by atoms with Crippen molar-refractivity contribution >= 4 is 17.5 Å². The van der Waals surface area contributed by atoms with Gasteiger partial charge in [-0.25, -0.2) is 0 Å². The lowest BCUT2D eigenvalue weighted by molar-refractivity contribution is -0.136. The second kappa shape index (κ2) is 5.35. The lowest BCUT2D eigenvalue weighted by Crippen LogP contribution is -2.34. The zero-order valence-electron chi connectivity index (χ0n) is 10.1. The number of nitrogens with one attached hydrogen (secondary N) is 1. The van der Waals surface area contributed by atoms with Gasteiger partial charge in [0.1, 0.15) is 5.75 Å². The van der Waals surface area contributed by atoms with Crippen molar-refractivity contribution in [3.05, 3.63) is 36.4 Å². The molecule has 94 valence electrons. The Kier molecular flexibility index (Phi) is 3.62. The zero-order valence-corrected chi connectivity index (χ0v) is 10.1. The SMILES string of the molecule is CCOc1ccccc1NCN1C(=O)C=CC1=O. The van der Waals surface area contributed by atoms with Crippen LogP contribution in [0.3, 0.4) is 0 Å². The van der Waals surface area contributed by atoms with E-state index < -0.39 is 0 Å². The van der Waals surface area contributed by atoms with E-state index in [1.54, 1.807) is 0 Å². The summed E-state index contributed by atoms with van der Waals surface area (Å²) in [5, 5.41) is 3.02. The minimum atomic E-state index is -0.304. The van der Waals surface area contributed by atoms with Gasteiger partial charge in [0.05, 0.1) is 19.0 Å². The third-order valence-corrected chi connectivity index (χ3v) is 2.52. The monoisotopic (exact) mass is 246 g/mol. The van der Waals surface area contributed by atoms with E-state index in [2.05, 4.69) is 5.32 Å². The molecule has 0 fully saturated rings. The molecule has 1 N–H and O–H groups in total. The van der Waals surface area contributed by atoms with Crippen LogP contribution >= 0.6 is 0 Å². The Morgan fingerprint density at radius 2 is 1.83 bits per heavy atom. The number of rotatable bonds is 5. The number of nitrogens with zero attached hydrogens (tertiary/aromatic N) is 1. The minimum absolute atomic E-state index is 0.134. The third kappa shape index (κ3) is 2.51. The average molecular weight is 246 g/mol. The van der Waals surface area contributed by atoms with Gasteiger partial charge in [0.25, 0.3) is 11.8 Å². The summed E-state index contributed by atoms with van der Waals surface area (Å²) >= 11 is 0. The molecule has 0 atom stereocenters. The molecule has 1 aliphatic heterocycles. The quantitative estimate of drug-likeness (QED) is 0.797. The van der Waals surface area contributed by atoms with Crippen LogP contribution in [0.15, 0.2) is 36.4 Å². The van der Waals surface area contributed by atoms with E-state index >= 15 is 0 Å². The molecule has 0 radical (unpaired) electrons. The van der Waals surface area contributed by atoms with Crippen LogP contribution in [0, 0.1) is 0 Å². The van der Waals surface area contributed by atoms with Crippen LogP contribution in [0.25, 0.3) is 0 Å². The zero-order chi connectivity index (χ0) is 13.0. The fourth-order valence-electron chi connectivity index (χ4n) is 1.65. The first kappa shape index (κ1) is 12.2. The maximum absolute atomic E-state index is 11.4. The standard InChI is InChI=1S/C13H14N2O3/c1-2-18-11-6-4-3-5-10(11)14-9-15-12(16)7-8-13(15)17/h3-8,14H,2,9H2,1H3. The highest BCUT2D eigenvalue weighted by Gasteiger charge is 2.22. The molecule has 0 saturated heterocycles. The van der Waals surface area contributed by atoms with Crippen LogP contribution in [0.1, 0.15) is 6.92 Å². The van der Waals surface area contributed by atoms with Gasteiger partial charge in [-0.1, -0.05) is 12.1 Å². The van der Waals surface area contributed by atoms with Crippen molar-refractivity contribution < 1.29 is 14.3 Å². The number of carbonyl (C=O) groups excluding carboxylic acids is 2. The van der Waals surface area contributed by atoms with Crippen molar-refractivity contribution in [3.8, 4) is 5.75 Å². The summed E-state index contributed by atoms with van der Waals surface area (Å²) in [6, 6.07) is 7.39. The van der Waals surface area contributed by atoms with Crippen molar-refractivity contribution in [2.45, 2.75) is 6.92 Å². The molecule has 2 rings (SSSR count). The normalized spacial score (nSPS) is 14.2. The van der Waals surface area contributed by atoms with Gasteiger partial charge >= 0.3 is 0 Å². The maximum Gasteiger partial charge on any atom is 0.255 e. The van der Waals surface area contributed by atoms with Crippen LogP contribution in [0.2, 0.25) is 0 Å². The highest BCUT2D eigenvalue weighted by Crippen LogP contribution is 2.23. The number of para-hydroxylation sites is 2. The van der Waals surface area contributed by atoms with Gasteiger partial charge in [-0.3, -0.25) is 14.5 Å². The number of carbonyl (C=O) groups is 2. The number of ether oxygens (including phenoxy) is 1. The summed E-state index contributed by atoms with van der Waals surface area (Å²) in [6.45, 7) is 2.59. The van der Waals surface area contributed by atoms with Crippen molar-refractivity contribution in [1.29, 1.82) is 0 Å². The van der Waals surface area contributed by atoms with E-state index in [1.165, 1.54) is 12.2 Å². The predicted molar refractivity (Wildman–Crippen MR) is 67.1 cm³/mol. The smallest absolute Gasteiger partial charge is 0.255 e. The molecule has 5 nitrogen and oxygen atoms in total. The van der Waals surface area contributed by atoms with Gasteiger partial charge in [0.2, 0.25) is 0 Å². The summed E-state index contributed by atoms with van der Waals surface area (Å²) in [5.41, 5.74) is 0.756. The van der Waals surface area contributed by atoms with E-state index in [4.69, 9.17) is 4.74 Å². The van der Waals surface area contributed by atoms with Gasteiger partial charge in [-0.15, -0.1) is 0 Å². The Labute approximate surface area is 105 Å². The van der Waals surface area contributed by atoms with Crippen LogP contribution in [0.4, 0.5) is 5.69 Å². The lowest BCUT2D eigenvalue weighted by atomic mass is 10.3. The molecule has 1 aliphatic rings. The second-order valence-corrected chi connectivity index (χ2v) is 3.70. The molecule has 5 heteroatoms. The molecule has 0 aliphatic carbocycles. The van der Waals surface area contributed by atoms with Crippen LogP contribution in [-0.2, 0) is 9.59 Å². The highest BCUT2D eigenvalue weighted by molar-refractivity contribution is 6.12. The van der Waals surface area contributed by atoms with Gasteiger partial charge in [-0.05, 0) is 19.1 Å². The number of hydrogen-bond donors (Lipinski definition) is 1. The predicted octanol–water partition coefficient (Wildman–Crippen LogP) is 1.38. The van der Waals surface area contributed by atoms with E-state index in [9.17, 15) is 9.59 Å². The summed E-state index contributed by atoms with van der Waals surface area (Å²) in [5.74, 6) is 0.0924. The van der Waals surface area contributed by atoms with Crippen LogP contribution in [-0.4, -0.2) is 30.0 Å². The number of hydrogen-bond acceptors (Lipinski definition) is 4. The van der Waals surface area contributed by atoms with Gasteiger partial charge in [-0.2, -0.15) is 0 Å². The Bertz CT molecular complexity index is 479. The molecular formula is C13H14N2O3. The van der Waals surface area contributed by atoms with Crippen LogP contribution < -0.4 is 10.1 Å². The fraction of sp³-hybridized carbons (Fsp3) is 0.231. The largest absolute Gasteiger partial charge is 0.492 e. The molecule has 1 aromatic rings. The molecule has 1 aromatic carbocycles. The summed E-state index contributed by atoms with van der Waals surface area (Å²) < 4.78 is 5.44.